The highest BCUT2D eigenvalue weighted by Crippen LogP contribution is 2.18. The number of nitrogens with zero attached hydrogens (tertiary/aromatic N) is 2. The highest BCUT2D eigenvalue weighted by molar-refractivity contribution is 5.29. The van der Waals surface area contributed by atoms with Crippen LogP contribution in [0.15, 0.2) is 43.0 Å². The zero-order valence-corrected chi connectivity index (χ0v) is 8.59. The third-order valence-electron chi connectivity index (χ3n) is 2.30. The van der Waals surface area contributed by atoms with Crippen molar-refractivity contribution in [2.75, 3.05) is 0 Å². The standard InChI is InChI=1S/C12H13N3/c1-9-5-11(8-15-6-9)12(13)10-3-2-4-14-7-10/h2-8,12H,13H2,1H3. The van der Waals surface area contributed by atoms with Crippen LogP contribution in [0.25, 0.3) is 0 Å². The van der Waals surface area contributed by atoms with Crippen LogP contribution in [0.1, 0.15) is 22.7 Å². The van der Waals surface area contributed by atoms with E-state index in [0.717, 1.165) is 16.7 Å². The minimum absolute atomic E-state index is 0.147. The summed E-state index contributed by atoms with van der Waals surface area (Å²) in [5.41, 5.74) is 9.24. The molecule has 2 N–H and O–H groups in total. The molecule has 0 aliphatic carbocycles. The molecule has 0 radical (unpaired) electrons. The van der Waals surface area contributed by atoms with Gasteiger partial charge >= 0.3 is 0 Å². The van der Waals surface area contributed by atoms with Crippen LogP contribution in [-0.4, -0.2) is 9.97 Å². The first-order chi connectivity index (χ1) is 7.27. The molecule has 0 aliphatic heterocycles. The zero-order chi connectivity index (χ0) is 10.7. The molecule has 76 valence electrons. The van der Waals surface area contributed by atoms with Crippen LogP contribution >= 0.6 is 0 Å². The summed E-state index contributed by atoms with van der Waals surface area (Å²) in [6, 6.07) is 5.76. The van der Waals surface area contributed by atoms with E-state index in [2.05, 4.69) is 9.97 Å². The van der Waals surface area contributed by atoms with Gasteiger partial charge in [-0.15, -0.1) is 0 Å². The molecular formula is C12H13N3. The van der Waals surface area contributed by atoms with Gasteiger partial charge in [0.05, 0.1) is 6.04 Å². The van der Waals surface area contributed by atoms with Gasteiger partial charge in [-0.1, -0.05) is 12.1 Å². The minimum atomic E-state index is -0.147. The first-order valence-electron chi connectivity index (χ1n) is 4.84. The molecule has 0 saturated heterocycles. The number of aromatic nitrogens is 2. The Labute approximate surface area is 89.0 Å². The lowest BCUT2D eigenvalue weighted by atomic mass is 10.0. The molecule has 0 bridgehead atoms. The van der Waals surface area contributed by atoms with Crippen LogP contribution < -0.4 is 5.73 Å². The first-order valence-corrected chi connectivity index (χ1v) is 4.84. The summed E-state index contributed by atoms with van der Waals surface area (Å²) in [7, 11) is 0. The van der Waals surface area contributed by atoms with E-state index >= 15 is 0 Å². The number of hydrogen-bond acceptors (Lipinski definition) is 3. The molecular weight excluding hydrogens is 186 g/mol. The van der Waals surface area contributed by atoms with Gasteiger partial charge in [0, 0.05) is 24.8 Å². The second-order valence-corrected chi connectivity index (χ2v) is 3.56. The fourth-order valence-corrected chi connectivity index (χ4v) is 1.50. The summed E-state index contributed by atoms with van der Waals surface area (Å²) in [4.78, 5) is 8.18. The maximum Gasteiger partial charge on any atom is 0.0582 e. The van der Waals surface area contributed by atoms with Crippen LogP contribution in [0.2, 0.25) is 0 Å². The minimum Gasteiger partial charge on any atom is -0.320 e. The average molecular weight is 199 g/mol. The summed E-state index contributed by atoms with van der Waals surface area (Å²) in [5.74, 6) is 0. The topological polar surface area (TPSA) is 51.8 Å². The Balaban J connectivity index is 2.32. The van der Waals surface area contributed by atoms with E-state index in [0.29, 0.717) is 0 Å². The number of aryl methyl sites for hydroxylation is 1. The van der Waals surface area contributed by atoms with Gasteiger partial charge in [0.2, 0.25) is 0 Å². The van der Waals surface area contributed by atoms with Crippen LogP contribution in [0, 0.1) is 6.92 Å². The maximum atomic E-state index is 6.11. The normalized spacial score (nSPS) is 12.4. The molecule has 2 heterocycles. The molecule has 0 aliphatic rings. The molecule has 0 saturated carbocycles. The molecule has 3 nitrogen and oxygen atoms in total. The molecule has 2 rings (SSSR count). The van der Waals surface area contributed by atoms with Crippen molar-refractivity contribution in [2.24, 2.45) is 5.73 Å². The van der Waals surface area contributed by atoms with Crippen molar-refractivity contribution in [2.45, 2.75) is 13.0 Å². The average Bonchev–Trinajstić information content (AvgIpc) is 2.29. The summed E-state index contributed by atoms with van der Waals surface area (Å²) in [6.45, 7) is 2.01. The molecule has 0 amide bonds. The second kappa shape index (κ2) is 4.19. The van der Waals surface area contributed by atoms with Crippen LogP contribution in [-0.2, 0) is 0 Å². The Hall–Kier alpha value is -1.74. The third-order valence-corrected chi connectivity index (χ3v) is 2.30. The van der Waals surface area contributed by atoms with Gasteiger partial charge in [0.1, 0.15) is 0 Å². The third kappa shape index (κ3) is 2.19. The van der Waals surface area contributed by atoms with Gasteiger partial charge in [-0.05, 0) is 29.7 Å². The monoisotopic (exact) mass is 199 g/mol. The van der Waals surface area contributed by atoms with Crippen molar-refractivity contribution in [1.82, 2.24) is 9.97 Å². The summed E-state index contributed by atoms with van der Waals surface area (Å²) in [6.07, 6.45) is 7.14. The van der Waals surface area contributed by atoms with Gasteiger partial charge < -0.3 is 5.73 Å². The van der Waals surface area contributed by atoms with Crippen LogP contribution in [0.4, 0.5) is 0 Å². The van der Waals surface area contributed by atoms with E-state index < -0.39 is 0 Å². The fraction of sp³-hybridized carbons (Fsp3) is 0.167. The number of nitrogens with two attached hydrogens (primary N) is 1. The van der Waals surface area contributed by atoms with Gasteiger partial charge in [0.25, 0.3) is 0 Å². The van der Waals surface area contributed by atoms with E-state index in [1.807, 2.05) is 31.3 Å². The molecule has 0 spiro atoms. The molecule has 0 aromatic carbocycles. The number of hydrogen-bond donors (Lipinski definition) is 1. The van der Waals surface area contributed by atoms with Crippen LogP contribution in [0.5, 0.6) is 0 Å². The fourth-order valence-electron chi connectivity index (χ4n) is 1.50. The first kappa shape index (κ1) is 9.80. The molecule has 2 aromatic rings. The van der Waals surface area contributed by atoms with Crippen molar-refractivity contribution < 1.29 is 0 Å². The van der Waals surface area contributed by atoms with Gasteiger partial charge in [-0.3, -0.25) is 9.97 Å². The van der Waals surface area contributed by atoms with Gasteiger partial charge in [-0.25, -0.2) is 0 Å². The smallest absolute Gasteiger partial charge is 0.0582 e. The summed E-state index contributed by atoms with van der Waals surface area (Å²) in [5, 5.41) is 0. The van der Waals surface area contributed by atoms with Crippen molar-refractivity contribution in [3.63, 3.8) is 0 Å². The Kier molecular flexibility index (Phi) is 2.74. The largest absolute Gasteiger partial charge is 0.320 e. The van der Waals surface area contributed by atoms with Gasteiger partial charge in [-0.2, -0.15) is 0 Å². The maximum absolute atomic E-state index is 6.11. The van der Waals surface area contributed by atoms with Crippen molar-refractivity contribution >= 4 is 0 Å². The van der Waals surface area contributed by atoms with E-state index in [-0.39, 0.29) is 6.04 Å². The Morgan fingerprint density at radius 1 is 1.13 bits per heavy atom. The van der Waals surface area contributed by atoms with E-state index in [1.54, 1.807) is 18.6 Å². The number of rotatable bonds is 2. The predicted molar refractivity (Wildman–Crippen MR) is 59.2 cm³/mol. The Morgan fingerprint density at radius 3 is 2.60 bits per heavy atom. The predicted octanol–water partition coefficient (Wildman–Crippen LogP) is 1.83. The Bertz CT molecular complexity index is 440. The lowest BCUT2D eigenvalue weighted by Gasteiger charge is -2.11. The molecule has 1 atom stereocenters. The highest BCUT2D eigenvalue weighted by Gasteiger charge is 2.08. The summed E-state index contributed by atoms with van der Waals surface area (Å²) >= 11 is 0. The van der Waals surface area contributed by atoms with Crippen molar-refractivity contribution in [3.8, 4) is 0 Å². The molecule has 0 fully saturated rings. The summed E-state index contributed by atoms with van der Waals surface area (Å²) < 4.78 is 0. The van der Waals surface area contributed by atoms with Crippen LogP contribution in [0.3, 0.4) is 0 Å². The SMILES string of the molecule is Cc1cncc(C(N)c2cccnc2)c1. The quantitative estimate of drug-likeness (QED) is 0.802. The van der Waals surface area contributed by atoms with E-state index in [4.69, 9.17) is 5.73 Å². The van der Waals surface area contributed by atoms with E-state index in [9.17, 15) is 0 Å². The van der Waals surface area contributed by atoms with Gasteiger partial charge in [0.15, 0.2) is 0 Å². The van der Waals surface area contributed by atoms with Crippen molar-refractivity contribution in [1.29, 1.82) is 0 Å². The molecule has 2 aromatic heterocycles. The molecule has 1 unspecified atom stereocenters. The number of pyridine rings is 2. The van der Waals surface area contributed by atoms with Crippen molar-refractivity contribution in [3.05, 3.63) is 59.7 Å². The lowest BCUT2D eigenvalue weighted by molar-refractivity contribution is 0.853. The second-order valence-electron chi connectivity index (χ2n) is 3.56. The lowest BCUT2D eigenvalue weighted by Crippen LogP contribution is -2.12. The molecule has 3 heteroatoms. The molecule has 15 heavy (non-hydrogen) atoms. The van der Waals surface area contributed by atoms with E-state index in [1.165, 1.54) is 0 Å². The zero-order valence-electron chi connectivity index (χ0n) is 8.59. The Morgan fingerprint density at radius 2 is 1.93 bits per heavy atom. The highest BCUT2D eigenvalue weighted by atomic mass is 14.7.